The van der Waals surface area contributed by atoms with E-state index < -0.39 is 18.5 Å². The summed E-state index contributed by atoms with van der Waals surface area (Å²) in [5.74, 6) is 3.20. The van der Waals surface area contributed by atoms with Crippen LogP contribution in [0.4, 0.5) is 13.2 Å². The Kier molecular flexibility index (Phi) is 7.14. The van der Waals surface area contributed by atoms with E-state index in [1.165, 1.54) is 57.8 Å². The quantitative estimate of drug-likeness (QED) is 0.487. The lowest BCUT2D eigenvalue weighted by molar-refractivity contribution is -0.00708. The van der Waals surface area contributed by atoms with Crippen LogP contribution in [0.3, 0.4) is 0 Å². The zero-order chi connectivity index (χ0) is 17.8. The molecule has 3 fully saturated rings. The molecule has 0 aromatic carbocycles. The molecule has 0 amide bonds. The molecule has 0 nitrogen and oxygen atoms in total. The minimum atomic E-state index is -1.88. The molecule has 0 saturated heterocycles. The molecule has 0 N–H and O–H groups in total. The summed E-state index contributed by atoms with van der Waals surface area (Å²) in [6.45, 7) is 2.28. The fourth-order valence-corrected chi connectivity index (χ4v) is 6.08. The van der Waals surface area contributed by atoms with Gasteiger partial charge in [0.05, 0.1) is 0 Å². The number of rotatable bonds is 5. The second-order valence-corrected chi connectivity index (χ2v) is 9.31. The highest BCUT2D eigenvalue weighted by molar-refractivity contribution is 4.91. The maximum atomic E-state index is 13.7. The zero-order valence-electron chi connectivity index (χ0n) is 15.9. The monoisotopic (exact) mass is 358 g/mol. The predicted octanol–water partition coefficient (Wildman–Crippen LogP) is 7.21. The average molecular weight is 359 g/mol. The molecule has 3 aliphatic carbocycles. The molecule has 0 radical (unpaired) electrons. The van der Waals surface area contributed by atoms with Crippen LogP contribution in [0.5, 0.6) is 0 Å². The van der Waals surface area contributed by atoms with Gasteiger partial charge in [0, 0.05) is 0 Å². The van der Waals surface area contributed by atoms with Crippen LogP contribution in [0, 0.1) is 29.6 Å². The van der Waals surface area contributed by atoms with Crippen molar-refractivity contribution in [3.63, 3.8) is 0 Å². The van der Waals surface area contributed by atoms with E-state index in [0.29, 0.717) is 5.92 Å². The van der Waals surface area contributed by atoms with E-state index in [1.54, 1.807) is 0 Å². The summed E-state index contributed by atoms with van der Waals surface area (Å²) < 4.78 is 40.8. The van der Waals surface area contributed by atoms with Crippen molar-refractivity contribution < 1.29 is 13.2 Å². The Morgan fingerprint density at radius 1 is 0.640 bits per heavy atom. The van der Waals surface area contributed by atoms with Crippen molar-refractivity contribution in [2.24, 2.45) is 29.6 Å². The summed E-state index contributed by atoms with van der Waals surface area (Å²) in [5, 5.41) is 0. The minimum Gasteiger partial charge on any atom is -0.244 e. The summed E-state index contributed by atoms with van der Waals surface area (Å²) in [7, 11) is 0. The third kappa shape index (κ3) is 4.95. The smallest absolute Gasteiger partial charge is 0.162 e. The van der Waals surface area contributed by atoms with E-state index in [9.17, 15) is 13.2 Å². The number of unbranched alkanes of at least 4 members (excludes halogenated alkanes) is 1. The number of halogens is 3. The highest BCUT2D eigenvalue weighted by Crippen LogP contribution is 2.46. The molecule has 3 rings (SSSR count). The van der Waals surface area contributed by atoms with Gasteiger partial charge >= 0.3 is 0 Å². The highest BCUT2D eigenvalue weighted by atomic mass is 19.2. The Balaban J connectivity index is 1.40. The molecule has 3 aliphatic rings. The second-order valence-electron chi connectivity index (χ2n) is 9.31. The van der Waals surface area contributed by atoms with Gasteiger partial charge in [-0.15, -0.1) is 0 Å². The fourth-order valence-electron chi connectivity index (χ4n) is 6.08. The third-order valence-corrected chi connectivity index (χ3v) is 7.75. The van der Waals surface area contributed by atoms with Crippen LogP contribution < -0.4 is 0 Å². The van der Waals surface area contributed by atoms with Gasteiger partial charge in [-0.3, -0.25) is 0 Å². The zero-order valence-corrected chi connectivity index (χ0v) is 15.9. The van der Waals surface area contributed by atoms with Crippen molar-refractivity contribution in [1.82, 2.24) is 0 Å². The summed E-state index contributed by atoms with van der Waals surface area (Å²) in [4.78, 5) is 0. The van der Waals surface area contributed by atoms with Gasteiger partial charge in [0.1, 0.15) is 12.3 Å². The Morgan fingerprint density at radius 3 is 1.56 bits per heavy atom. The van der Waals surface area contributed by atoms with E-state index in [4.69, 9.17) is 0 Å². The Morgan fingerprint density at radius 2 is 1.08 bits per heavy atom. The molecule has 3 heteroatoms. The van der Waals surface area contributed by atoms with Gasteiger partial charge in [-0.1, -0.05) is 39.0 Å². The lowest BCUT2D eigenvalue weighted by Gasteiger charge is -2.42. The van der Waals surface area contributed by atoms with Gasteiger partial charge in [0.2, 0.25) is 0 Å². The van der Waals surface area contributed by atoms with Crippen molar-refractivity contribution in [3.8, 4) is 0 Å². The van der Waals surface area contributed by atoms with Crippen molar-refractivity contribution in [3.05, 3.63) is 0 Å². The van der Waals surface area contributed by atoms with Gasteiger partial charge < -0.3 is 0 Å². The molecule has 2 atom stereocenters. The average Bonchev–Trinajstić information content (AvgIpc) is 2.64. The van der Waals surface area contributed by atoms with Gasteiger partial charge in [0.15, 0.2) is 6.17 Å². The molecule has 2 unspecified atom stereocenters. The summed E-state index contributed by atoms with van der Waals surface area (Å²) in [6.07, 6.45) is 9.90. The Labute approximate surface area is 152 Å². The molecule has 146 valence electrons. The van der Waals surface area contributed by atoms with E-state index in [0.717, 1.165) is 30.6 Å². The number of hydrogen-bond donors (Lipinski definition) is 0. The maximum absolute atomic E-state index is 13.7. The molecular weight excluding hydrogens is 321 g/mol. The normalized spacial score (nSPS) is 46.1. The standard InChI is InChI=1S/C22H37F3/c1-2-3-4-15-5-7-16(8-6-15)17-9-11-18(12-10-17)19-13-20(23)22(25)21(24)14-19/h15-22H,2-14H2,1H3. The van der Waals surface area contributed by atoms with E-state index >= 15 is 0 Å². The molecule has 0 spiro atoms. The van der Waals surface area contributed by atoms with Crippen molar-refractivity contribution in [2.45, 2.75) is 109 Å². The number of alkyl halides is 3. The largest absolute Gasteiger partial charge is 0.244 e. The SMILES string of the molecule is CCCCC1CCC(C2CCC(C3CC(F)C(F)C(F)C3)CC2)CC1. The first-order valence-electron chi connectivity index (χ1n) is 11.0. The summed E-state index contributed by atoms with van der Waals surface area (Å²) >= 11 is 0. The van der Waals surface area contributed by atoms with Crippen LogP contribution in [-0.2, 0) is 0 Å². The van der Waals surface area contributed by atoms with E-state index in [2.05, 4.69) is 6.92 Å². The van der Waals surface area contributed by atoms with Gasteiger partial charge in [0.25, 0.3) is 0 Å². The molecule has 0 aromatic heterocycles. The second kappa shape index (κ2) is 9.13. The first-order chi connectivity index (χ1) is 12.1. The van der Waals surface area contributed by atoms with Crippen LogP contribution in [0.2, 0.25) is 0 Å². The van der Waals surface area contributed by atoms with Crippen LogP contribution in [0.15, 0.2) is 0 Å². The van der Waals surface area contributed by atoms with Crippen LogP contribution in [0.25, 0.3) is 0 Å². The first kappa shape index (κ1) is 19.5. The predicted molar refractivity (Wildman–Crippen MR) is 97.8 cm³/mol. The topological polar surface area (TPSA) is 0 Å². The lowest BCUT2D eigenvalue weighted by atomic mass is 9.65. The summed E-state index contributed by atoms with van der Waals surface area (Å²) in [6, 6.07) is 0. The maximum Gasteiger partial charge on any atom is 0.162 e. The van der Waals surface area contributed by atoms with Crippen LogP contribution in [0.1, 0.15) is 90.4 Å². The summed E-state index contributed by atoms with van der Waals surface area (Å²) in [5.41, 5.74) is 0. The molecule has 25 heavy (non-hydrogen) atoms. The van der Waals surface area contributed by atoms with Crippen molar-refractivity contribution in [1.29, 1.82) is 0 Å². The Bertz CT molecular complexity index is 371. The molecule has 0 bridgehead atoms. The third-order valence-electron chi connectivity index (χ3n) is 7.75. The van der Waals surface area contributed by atoms with Crippen LogP contribution >= 0.6 is 0 Å². The molecule has 3 saturated carbocycles. The Hall–Kier alpha value is -0.210. The van der Waals surface area contributed by atoms with E-state index in [-0.39, 0.29) is 18.8 Å². The van der Waals surface area contributed by atoms with Crippen molar-refractivity contribution in [2.75, 3.05) is 0 Å². The number of hydrogen-bond acceptors (Lipinski definition) is 0. The van der Waals surface area contributed by atoms with Gasteiger partial charge in [-0.2, -0.15) is 0 Å². The molecular formula is C22H37F3. The van der Waals surface area contributed by atoms with Gasteiger partial charge in [-0.25, -0.2) is 13.2 Å². The van der Waals surface area contributed by atoms with Crippen LogP contribution in [-0.4, -0.2) is 18.5 Å². The van der Waals surface area contributed by atoms with Gasteiger partial charge in [-0.05, 0) is 81.0 Å². The fraction of sp³-hybridized carbons (Fsp3) is 1.00. The molecule has 0 heterocycles. The first-order valence-corrected chi connectivity index (χ1v) is 11.0. The molecule has 0 aromatic rings. The lowest BCUT2D eigenvalue weighted by Crippen LogP contribution is -2.40. The minimum absolute atomic E-state index is 0.0720. The van der Waals surface area contributed by atoms with E-state index in [1.807, 2.05) is 0 Å². The molecule has 0 aliphatic heterocycles. The highest BCUT2D eigenvalue weighted by Gasteiger charge is 2.42. The van der Waals surface area contributed by atoms with Crippen molar-refractivity contribution >= 4 is 0 Å².